The summed E-state index contributed by atoms with van der Waals surface area (Å²) in [6, 6.07) is 14.6. The number of hydrogen-bond donors (Lipinski definition) is 1. The van der Waals surface area contributed by atoms with E-state index in [0.29, 0.717) is 35.0 Å². The van der Waals surface area contributed by atoms with Crippen LogP contribution in [0, 0.1) is 0 Å². The molecule has 0 aliphatic rings. The Morgan fingerprint density at radius 3 is 2.17 bits per heavy atom. The fourth-order valence-electron chi connectivity index (χ4n) is 3.29. The lowest BCUT2D eigenvalue weighted by Gasteiger charge is -2.31. The normalized spacial score (nSPS) is 12.8. The van der Waals surface area contributed by atoms with Gasteiger partial charge in [0, 0.05) is 22.6 Å². The summed E-state index contributed by atoms with van der Waals surface area (Å²) >= 11 is 12.6. The van der Waals surface area contributed by atoms with Gasteiger partial charge in [0.15, 0.2) is 0 Å². The number of hydrogen-bond acceptors (Lipinski definition) is 2. The van der Waals surface area contributed by atoms with Crippen LogP contribution in [-0.2, 0) is 22.4 Å². The van der Waals surface area contributed by atoms with Gasteiger partial charge in [0.2, 0.25) is 11.8 Å². The largest absolute Gasteiger partial charge is 0.352 e. The Labute approximate surface area is 189 Å². The first-order valence-corrected chi connectivity index (χ1v) is 11.2. The zero-order chi connectivity index (χ0) is 22.1. The van der Waals surface area contributed by atoms with Crippen LogP contribution in [0.25, 0.3) is 0 Å². The molecular formula is C24H30Cl2N2O2. The maximum absolute atomic E-state index is 13.3. The van der Waals surface area contributed by atoms with E-state index in [1.807, 2.05) is 51.1 Å². The van der Waals surface area contributed by atoms with Crippen LogP contribution in [0.4, 0.5) is 0 Å². The summed E-state index contributed by atoms with van der Waals surface area (Å²) in [5, 5.41) is 3.92. The molecule has 2 aromatic rings. The minimum absolute atomic E-state index is 0.0515. The molecule has 0 bridgehead atoms. The molecule has 0 aromatic heterocycles. The van der Waals surface area contributed by atoms with E-state index in [0.717, 1.165) is 12.0 Å². The highest BCUT2D eigenvalue weighted by molar-refractivity contribution is 6.36. The van der Waals surface area contributed by atoms with Crippen molar-refractivity contribution in [3.8, 4) is 0 Å². The lowest BCUT2D eigenvalue weighted by molar-refractivity contribution is -0.140. The molecule has 6 heteroatoms. The number of nitrogens with zero attached hydrogens (tertiary/aromatic N) is 1. The van der Waals surface area contributed by atoms with E-state index >= 15 is 0 Å². The molecular weight excluding hydrogens is 419 g/mol. The molecule has 0 fully saturated rings. The molecule has 0 unspecified atom stereocenters. The van der Waals surface area contributed by atoms with Crippen molar-refractivity contribution in [2.75, 3.05) is 6.54 Å². The number of halogens is 2. The van der Waals surface area contributed by atoms with E-state index in [1.165, 1.54) is 0 Å². The molecule has 2 aromatic carbocycles. The maximum atomic E-state index is 13.3. The number of carbonyl (C=O) groups is 2. The summed E-state index contributed by atoms with van der Waals surface area (Å²) in [7, 11) is 0. The van der Waals surface area contributed by atoms with Crippen LogP contribution in [0.5, 0.6) is 0 Å². The maximum Gasteiger partial charge on any atom is 0.243 e. The van der Waals surface area contributed by atoms with Crippen LogP contribution >= 0.6 is 23.2 Å². The van der Waals surface area contributed by atoms with Gasteiger partial charge in [0.1, 0.15) is 6.04 Å². The minimum atomic E-state index is -0.545. The summed E-state index contributed by atoms with van der Waals surface area (Å²) < 4.78 is 0. The van der Waals surface area contributed by atoms with Crippen molar-refractivity contribution in [2.24, 2.45) is 0 Å². The Hall–Kier alpha value is -2.04. The minimum Gasteiger partial charge on any atom is -0.352 e. The van der Waals surface area contributed by atoms with Gasteiger partial charge in [-0.2, -0.15) is 0 Å². The van der Waals surface area contributed by atoms with Crippen LogP contribution in [0.15, 0.2) is 48.5 Å². The Bertz CT molecular complexity index is 822. The molecule has 2 atom stereocenters. The standard InChI is InChI=1S/C24H30Cl2N2O2/c1-4-17(3)27-24(30)22(5-2)28(15-14-18-10-7-6-8-11-18)23(29)16-19-20(25)12-9-13-21(19)26/h6-13,17,22H,4-5,14-16H2,1-3H3,(H,27,30)/t17-,22+/m0/s1. The molecule has 1 N–H and O–H groups in total. The summed E-state index contributed by atoms with van der Waals surface area (Å²) in [6.07, 6.45) is 2.07. The third kappa shape index (κ3) is 6.75. The quantitative estimate of drug-likeness (QED) is 0.535. The van der Waals surface area contributed by atoms with Gasteiger partial charge >= 0.3 is 0 Å². The molecule has 0 heterocycles. The predicted octanol–water partition coefficient (Wildman–Crippen LogP) is 5.30. The average Bonchev–Trinajstić information content (AvgIpc) is 2.74. The Morgan fingerprint density at radius 1 is 0.967 bits per heavy atom. The summed E-state index contributed by atoms with van der Waals surface area (Å²) in [5.41, 5.74) is 1.70. The smallest absolute Gasteiger partial charge is 0.243 e. The van der Waals surface area contributed by atoms with Crippen molar-refractivity contribution in [1.29, 1.82) is 0 Å². The van der Waals surface area contributed by atoms with Crippen molar-refractivity contribution < 1.29 is 9.59 Å². The fraction of sp³-hybridized carbons (Fsp3) is 0.417. The van der Waals surface area contributed by atoms with E-state index < -0.39 is 6.04 Å². The zero-order valence-electron chi connectivity index (χ0n) is 17.8. The van der Waals surface area contributed by atoms with Gasteiger partial charge in [0.05, 0.1) is 6.42 Å². The number of rotatable bonds is 10. The number of nitrogens with one attached hydrogen (secondary N) is 1. The van der Waals surface area contributed by atoms with Gasteiger partial charge in [-0.05, 0) is 49.4 Å². The number of carbonyl (C=O) groups excluding carboxylic acids is 2. The first kappa shape index (κ1) is 24.2. The second-order valence-electron chi connectivity index (χ2n) is 7.44. The summed E-state index contributed by atoms with van der Waals surface area (Å²) in [6.45, 7) is 6.34. The number of amides is 2. The average molecular weight is 449 g/mol. The van der Waals surface area contributed by atoms with E-state index in [2.05, 4.69) is 5.32 Å². The zero-order valence-corrected chi connectivity index (χ0v) is 19.3. The number of benzene rings is 2. The molecule has 0 saturated carbocycles. The molecule has 162 valence electrons. The van der Waals surface area contributed by atoms with Crippen LogP contribution in [0.1, 0.15) is 44.7 Å². The van der Waals surface area contributed by atoms with Gasteiger partial charge in [-0.3, -0.25) is 9.59 Å². The SMILES string of the molecule is CC[C@H](C(=O)N[C@@H](C)CC)N(CCc1ccccc1)C(=O)Cc1c(Cl)cccc1Cl. The van der Waals surface area contributed by atoms with E-state index in [-0.39, 0.29) is 24.3 Å². The Morgan fingerprint density at radius 2 is 1.60 bits per heavy atom. The Balaban J connectivity index is 2.26. The molecule has 0 radical (unpaired) electrons. The highest BCUT2D eigenvalue weighted by Crippen LogP contribution is 2.25. The highest BCUT2D eigenvalue weighted by atomic mass is 35.5. The molecule has 2 amide bonds. The molecule has 0 aliphatic heterocycles. The van der Waals surface area contributed by atoms with Crippen molar-refractivity contribution in [2.45, 2.75) is 58.5 Å². The first-order chi connectivity index (χ1) is 14.4. The molecule has 2 rings (SSSR count). The van der Waals surface area contributed by atoms with Gasteiger partial charge < -0.3 is 10.2 Å². The highest BCUT2D eigenvalue weighted by Gasteiger charge is 2.29. The van der Waals surface area contributed by atoms with Crippen LogP contribution in [0.3, 0.4) is 0 Å². The van der Waals surface area contributed by atoms with Crippen molar-refractivity contribution >= 4 is 35.0 Å². The molecule has 4 nitrogen and oxygen atoms in total. The predicted molar refractivity (Wildman–Crippen MR) is 124 cm³/mol. The second kappa shape index (κ2) is 12.0. The van der Waals surface area contributed by atoms with E-state index in [4.69, 9.17) is 23.2 Å². The fourth-order valence-corrected chi connectivity index (χ4v) is 3.82. The third-order valence-corrected chi connectivity index (χ3v) is 5.97. The first-order valence-electron chi connectivity index (χ1n) is 10.4. The van der Waals surface area contributed by atoms with Crippen LogP contribution < -0.4 is 5.32 Å². The lowest BCUT2D eigenvalue weighted by atomic mass is 10.1. The molecule has 0 spiro atoms. The lowest BCUT2D eigenvalue weighted by Crippen LogP contribution is -2.52. The van der Waals surface area contributed by atoms with E-state index in [1.54, 1.807) is 23.1 Å². The van der Waals surface area contributed by atoms with Gasteiger partial charge in [-0.1, -0.05) is 73.4 Å². The summed E-state index contributed by atoms with van der Waals surface area (Å²) in [4.78, 5) is 27.9. The molecule has 0 aliphatic carbocycles. The Kier molecular flexibility index (Phi) is 9.67. The van der Waals surface area contributed by atoms with Crippen LogP contribution in [-0.4, -0.2) is 35.3 Å². The van der Waals surface area contributed by atoms with Gasteiger partial charge in [-0.25, -0.2) is 0 Å². The molecule has 30 heavy (non-hydrogen) atoms. The third-order valence-electron chi connectivity index (χ3n) is 5.26. The van der Waals surface area contributed by atoms with Crippen molar-refractivity contribution in [3.05, 3.63) is 69.7 Å². The monoisotopic (exact) mass is 448 g/mol. The summed E-state index contributed by atoms with van der Waals surface area (Å²) in [5.74, 6) is -0.286. The van der Waals surface area contributed by atoms with Gasteiger partial charge in [0.25, 0.3) is 0 Å². The van der Waals surface area contributed by atoms with Crippen molar-refractivity contribution in [3.63, 3.8) is 0 Å². The van der Waals surface area contributed by atoms with Crippen molar-refractivity contribution in [1.82, 2.24) is 10.2 Å². The molecule has 0 saturated heterocycles. The van der Waals surface area contributed by atoms with Gasteiger partial charge in [-0.15, -0.1) is 0 Å². The second-order valence-corrected chi connectivity index (χ2v) is 8.26. The van der Waals surface area contributed by atoms with E-state index in [9.17, 15) is 9.59 Å². The van der Waals surface area contributed by atoms with Crippen LogP contribution in [0.2, 0.25) is 10.0 Å². The topological polar surface area (TPSA) is 49.4 Å².